The molecule has 1 aromatic rings. The van der Waals surface area contributed by atoms with Crippen LogP contribution in [-0.2, 0) is 14.3 Å². The van der Waals surface area contributed by atoms with Crippen molar-refractivity contribution in [3.8, 4) is 11.5 Å². The normalized spacial score (nSPS) is 28.6. The molecule has 0 amide bonds. The summed E-state index contributed by atoms with van der Waals surface area (Å²) in [5.41, 5.74) is 1.42. The van der Waals surface area contributed by atoms with Crippen LogP contribution in [0.25, 0.3) is 0 Å². The van der Waals surface area contributed by atoms with Crippen LogP contribution < -0.4 is 4.74 Å². The van der Waals surface area contributed by atoms with Crippen LogP contribution in [0.15, 0.2) is 23.4 Å². The van der Waals surface area contributed by atoms with Crippen LogP contribution >= 0.6 is 0 Å². The fraction of sp³-hybridized carbons (Fsp3) is 0.667. The minimum atomic E-state index is -0.287. The molecule has 1 aromatic carbocycles. The van der Waals surface area contributed by atoms with Gasteiger partial charge in [0.25, 0.3) is 0 Å². The molecule has 4 rings (SSSR count). The van der Waals surface area contributed by atoms with E-state index in [1.54, 1.807) is 12.1 Å². The summed E-state index contributed by atoms with van der Waals surface area (Å²) in [4.78, 5) is 5.51. The first kappa shape index (κ1) is 20.9. The number of oxime groups is 1. The summed E-state index contributed by atoms with van der Waals surface area (Å²) in [6, 6.07) is 5.24. The number of hydrogen-bond acceptors (Lipinski definition) is 7. The summed E-state index contributed by atoms with van der Waals surface area (Å²) in [5.74, 6) is 0.568. The third-order valence-electron chi connectivity index (χ3n) is 5.33. The van der Waals surface area contributed by atoms with Gasteiger partial charge in [-0.1, -0.05) is 12.1 Å². The smallest absolute Gasteiger partial charge is 0.168 e. The molecule has 2 aliphatic heterocycles. The molecular formula is C21H31NO6. The van der Waals surface area contributed by atoms with Gasteiger partial charge in [-0.15, -0.1) is 0 Å². The van der Waals surface area contributed by atoms with E-state index in [1.807, 2.05) is 6.07 Å². The van der Waals surface area contributed by atoms with Crippen LogP contribution in [0.4, 0.5) is 0 Å². The zero-order valence-electron chi connectivity index (χ0n) is 16.7. The number of phenols is 1. The van der Waals surface area contributed by atoms with Crippen LogP contribution in [0.1, 0.15) is 51.0 Å². The standard InChI is InChI=1S/C13H15NO4.C8H16O2/c1-16-12-3-2-9(6-11(12)15)10-7-13(18-14-10)4-5-17-8-13;1-2-5-10-8-4-3-7(9)6-8/h2-3,6,15H,4-5,7-8H2,1H3;7-9H,2-6H2,1H3. The average molecular weight is 393 g/mol. The van der Waals surface area contributed by atoms with Crippen molar-refractivity contribution in [2.45, 2.75) is 63.3 Å². The Morgan fingerprint density at radius 1 is 1.32 bits per heavy atom. The van der Waals surface area contributed by atoms with E-state index in [-0.39, 0.29) is 17.5 Å². The summed E-state index contributed by atoms with van der Waals surface area (Å²) >= 11 is 0. The maximum Gasteiger partial charge on any atom is 0.168 e. The van der Waals surface area contributed by atoms with E-state index in [2.05, 4.69) is 12.1 Å². The van der Waals surface area contributed by atoms with Gasteiger partial charge in [0.2, 0.25) is 0 Å². The van der Waals surface area contributed by atoms with E-state index >= 15 is 0 Å². The highest BCUT2D eigenvalue weighted by atomic mass is 16.7. The Bertz CT molecular complexity index is 671. The number of hydrogen-bond donors (Lipinski definition) is 2. The van der Waals surface area contributed by atoms with Crippen molar-refractivity contribution >= 4 is 5.71 Å². The molecule has 0 radical (unpaired) electrons. The van der Waals surface area contributed by atoms with E-state index in [1.165, 1.54) is 7.11 Å². The number of methoxy groups -OCH3 is 1. The number of aliphatic hydroxyl groups is 1. The molecule has 7 nitrogen and oxygen atoms in total. The second kappa shape index (κ2) is 9.58. The molecule has 156 valence electrons. The van der Waals surface area contributed by atoms with E-state index in [9.17, 15) is 5.11 Å². The fourth-order valence-corrected chi connectivity index (χ4v) is 3.70. The summed E-state index contributed by atoms with van der Waals surface area (Å²) in [5, 5.41) is 23.0. The van der Waals surface area contributed by atoms with Crippen molar-refractivity contribution < 1.29 is 29.3 Å². The lowest BCUT2D eigenvalue weighted by molar-refractivity contribution is -0.0237. The first-order valence-electron chi connectivity index (χ1n) is 10.0. The molecule has 28 heavy (non-hydrogen) atoms. The second-order valence-corrected chi connectivity index (χ2v) is 7.64. The number of ether oxygens (including phenoxy) is 3. The summed E-state index contributed by atoms with van der Waals surface area (Å²) in [6.45, 7) is 4.25. The number of rotatable bonds is 5. The zero-order chi connectivity index (χ0) is 20.0. The Hall–Kier alpha value is -1.83. The molecule has 3 atom stereocenters. The second-order valence-electron chi connectivity index (χ2n) is 7.64. The molecule has 2 heterocycles. The van der Waals surface area contributed by atoms with Crippen molar-refractivity contribution in [3.63, 3.8) is 0 Å². The van der Waals surface area contributed by atoms with Crippen LogP contribution in [-0.4, -0.2) is 60.7 Å². The molecule has 0 bridgehead atoms. The lowest BCUT2D eigenvalue weighted by Gasteiger charge is -2.17. The Morgan fingerprint density at radius 3 is 2.79 bits per heavy atom. The van der Waals surface area contributed by atoms with Gasteiger partial charge in [0.05, 0.1) is 38.2 Å². The van der Waals surface area contributed by atoms with E-state index < -0.39 is 0 Å². The minimum absolute atomic E-state index is 0.0955. The molecule has 1 aliphatic carbocycles. The van der Waals surface area contributed by atoms with Gasteiger partial charge in [0.1, 0.15) is 0 Å². The zero-order valence-corrected chi connectivity index (χ0v) is 16.7. The lowest BCUT2D eigenvalue weighted by atomic mass is 9.93. The molecule has 0 aromatic heterocycles. The summed E-state index contributed by atoms with van der Waals surface area (Å²) in [6.07, 6.45) is 5.72. The molecule has 3 unspecified atom stereocenters. The number of benzene rings is 1. The predicted molar refractivity (Wildman–Crippen MR) is 105 cm³/mol. The average Bonchev–Trinajstić information content (AvgIpc) is 3.43. The van der Waals surface area contributed by atoms with Crippen molar-refractivity contribution in [2.75, 3.05) is 26.9 Å². The first-order valence-corrected chi connectivity index (χ1v) is 10.0. The number of aromatic hydroxyl groups is 1. The van der Waals surface area contributed by atoms with Crippen molar-refractivity contribution in [3.05, 3.63) is 23.8 Å². The fourth-order valence-electron chi connectivity index (χ4n) is 3.70. The Balaban J connectivity index is 0.000000192. The lowest BCUT2D eigenvalue weighted by Crippen LogP contribution is -2.29. The van der Waals surface area contributed by atoms with Crippen molar-refractivity contribution in [2.24, 2.45) is 5.16 Å². The van der Waals surface area contributed by atoms with Gasteiger partial charge in [0.15, 0.2) is 17.1 Å². The van der Waals surface area contributed by atoms with Gasteiger partial charge in [-0.3, -0.25) is 0 Å². The van der Waals surface area contributed by atoms with Crippen LogP contribution in [0, 0.1) is 0 Å². The Morgan fingerprint density at radius 2 is 2.18 bits per heavy atom. The van der Waals surface area contributed by atoms with Gasteiger partial charge in [0, 0.05) is 25.0 Å². The van der Waals surface area contributed by atoms with Gasteiger partial charge in [-0.25, -0.2) is 0 Å². The molecule has 2 fully saturated rings. The third kappa shape index (κ3) is 5.16. The number of nitrogens with zero attached hydrogens (tertiary/aromatic N) is 1. The maximum absolute atomic E-state index is 9.76. The van der Waals surface area contributed by atoms with Crippen molar-refractivity contribution in [1.82, 2.24) is 0 Å². The molecule has 3 aliphatic rings. The van der Waals surface area contributed by atoms with Crippen LogP contribution in [0.5, 0.6) is 11.5 Å². The van der Waals surface area contributed by atoms with Gasteiger partial charge in [-0.2, -0.15) is 0 Å². The molecular weight excluding hydrogens is 362 g/mol. The SMILES string of the molecule is CCCOC1CCC(O)C1.COc1ccc(C2=NOC3(CCOC3)C2)cc1O. The minimum Gasteiger partial charge on any atom is -0.504 e. The Labute approximate surface area is 166 Å². The van der Waals surface area contributed by atoms with E-state index in [0.717, 1.165) is 63.0 Å². The largest absolute Gasteiger partial charge is 0.504 e. The van der Waals surface area contributed by atoms with Crippen molar-refractivity contribution in [1.29, 1.82) is 0 Å². The maximum atomic E-state index is 9.76. The Kier molecular flexibility index (Phi) is 7.15. The number of aliphatic hydroxyl groups excluding tert-OH is 1. The highest BCUT2D eigenvalue weighted by molar-refractivity contribution is 6.02. The molecule has 7 heteroatoms. The molecule has 1 saturated carbocycles. The van der Waals surface area contributed by atoms with Gasteiger partial charge in [-0.05, 0) is 43.9 Å². The van der Waals surface area contributed by atoms with E-state index in [4.69, 9.17) is 24.2 Å². The van der Waals surface area contributed by atoms with Gasteiger partial charge >= 0.3 is 0 Å². The monoisotopic (exact) mass is 393 g/mol. The highest BCUT2D eigenvalue weighted by Gasteiger charge is 2.43. The van der Waals surface area contributed by atoms with Crippen LogP contribution in [0.3, 0.4) is 0 Å². The highest BCUT2D eigenvalue weighted by Crippen LogP contribution is 2.35. The topological polar surface area (TPSA) is 89.7 Å². The third-order valence-corrected chi connectivity index (χ3v) is 5.33. The molecule has 2 N–H and O–H groups in total. The molecule has 1 spiro atoms. The van der Waals surface area contributed by atoms with Gasteiger partial charge < -0.3 is 29.3 Å². The summed E-state index contributed by atoms with van der Waals surface area (Å²) in [7, 11) is 1.52. The van der Waals surface area contributed by atoms with E-state index in [0.29, 0.717) is 18.5 Å². The quantitative estimate of drug-likeness (QED) is 0.799. The first-order chi connectivity index (χ1) is 13.5. The number of phenolic OH excluding ortho intramolecular Hbond substituents is 1. The molecule has 1 saturated heterocycles. The van der Waals surface area contributed by atoms with Crippen LogP contribution in [0.2, 0.25) is 0 Å². The predicted octanol–water partition coefficient (Wildman–Crippen LogP) is 3.01. The summed E-state index contributed by atoms with van der Waals surface area (Å²) < 4.78 is 15.8.